The van der Waals surface area contributed by atoms with Gasteiger partial charge < -0.3 is 5.73 Å². The van der Waals surface area contributed by atoms with E-state index in [4.69, 9.17) is 18.0 Å². The van der Waals surface area contributed by atoms with Gasteiger partial charge in [0.2, 0.25) is 5.82 Å². The third-order valence-electron chi connectivity index (χ3n) is 1.70. The molecule has 15 heavy (non-hydrogen) atoms. The number of hydrogen-bond acceptors (Lipinski definition) is 4. The minimum atomic E-state index is 0.223. The zero-order valence-corrected chi connectivity index (χ0v) is 10.8. The van der Waals surface area contributed by atoms with Crippen LogP contribution < -0.4 is 5.73 Å². The van der Waals surface area contributed by atoms with Crippen LogP contribution in [-0.4, -0.2) is 19.8 Å². The summed E-state index contributed by atoms with van der Waals surface area (Å²) >= 11 is 9.85. The molecule has 0 aromatic carbocycles. The first-order valence-electron chi connectivity index (χ1n) is 4.08. The molecule has 0 aliphatic carbocycles. The molecule has 0 saturated carbocycles. The van der Waals surface area contributed by atoms with Crippen LogP contribution in [-0.2, 0) is 6.54 Å². The second-order valence-electron chi connectivity index (χ2n) is 2.84. The normalized spacial score (nSPS) is 10.5. The summed E-state index contributed by atoms with van der Waals surface area (Å²) < 4.78 is 2.82. The average Bonchev–Trinajstić information content (AvgIpc) is 2.76. The molecular weight excluding hydrogens is 296 g/mol. The lowest BCUT2D eigenvalue weighted by molar-refractivity contribution is 0.691. The predicted octanol–water partition coefficient (Wildman–Crippen LogP) is 1.78. The Bertz CT molecular complexity index is 490. The summed E-state index contributed by atoms with van der Waals surface area (Å²) in [6, 6.07) is 4.04. The summed E-state index contributed by atoms with van der Waals surface area (Å²) in [4.78, 5) is 5.42. The van der Waals surface area contributed by atoms with Crippen molar-refractivity contribution in [1.29, 1.82) is 0 Å². The predicted molar refractivity (Wildman–Crippen MR) is 67.0 cm³/mol. The average molecular weight is 303 g/mol. The second-order valence-corrected chi connectivity index (χ2v) is 5.82. The largest absolute Gasteiger partial charge is 0.387 e. The lowest BCUT2D eigenvalue weighted by Crippen LogP contribution is -2.12. The highest BCUT2D eigenvalue weighted by Crippen LogP contribution is 2.22. The highest BCUT2D eigenvalue weighted by Gasteiger charge is 2.04. The van der Waals surface area contributed by atoms with Gasteiger partial charge in [-0.1, -0.05) is 12.2 Å². The van der Waals surface area contributed by atoms with Crippen molar-refractivity contribution in [3.8, 4) is 0 Å². The molecular formula is C8H7BrN4S2. The molecule has 0 bridgehead atoms. The van der Waals surface area contributed by atoms with Gasteiger partial charge in [-0.3, -0.25) is 0 Å². The molecule has 0 spiro atoms. The smallest absolute Gasteiger partial charge is 0.208 e. The molecule has 0 atom stereocenters. The van der Waals surface area contributed by atoms with E-state index in [0.29, 0.717) is 12.4 Å². The molecule has 0 unspecified atom stereocenters. The van der Waals surface area contributed by atoms with Gasteiger partial charge in [-0.05, 0) is 28.1 Å². The minimum Gasteiger partial charge on any atom is -0.387 e. The molecule has 0 aliphatic rings. The molecule has 2 rings (SSSR count). The Morgan fingerprint density at radius 2 is 2.40 bits per heavy atom. The number of hydrogen-bond donors (Lipinski definition) is 1. The lowest BCUT2D eigenvalue weighted by Gasteiger charge is -1.95. The van der Waals surface area contributed by atoms with Crippen LogP contribution in [0.1, 0.15) is 10.7 Å². The van der Waals surface area contributed by atoms with E-state index in [-0.39, 0.29) is 4.99 Å². The Balaban J connectivity index is 2.14. The third kappa shape index (κ3) is 2.61. The molecule has 2 heterocycles. The quantitative estimate of drug-likeness (QED) is 0.878. The zero-order valence-electron chi connectivity index (χ0n) is 7.55. The van der Waals surface area contributed by atoms with E-state index in [1.54, 1.807) is 22.3 Å². The second kappa shape index (κ2) is 4.38. The minimum absolute atomic E-state index is 0.223. The van der Waals surface area contributed by atoms with Crippen LogP contribution in [0.15, 0.2) is 22.2 Å². The summed E-state index contributed by atoms with van der Waals surface area (Å²) in [6.45, 7) is 0.686. The van der Waals surface area contributed by atoms with Crippen molar-refractivity contribution in [2.45, 2.75) is 6.54 Å². The van der Waals surface area contributed by atoms with Gasteiger partial charge in [-0.2, -0.15) is 0 Å². The van der Waals surface area contributed by atoms with E-state index < -0.39 is 0 Å². The van der Waals surface area contributed by atoms with Crippen molar-refractivity contribution in [2.75, 3.05) is 0 Å². The van der Waals surface area contributed by atoms with Gasteiger partial charge in [0.15, 0.2) is 0 Å². The molecule has 78 valence electrons. The van der Waals surface area contributed by atoms with Gasteiger partial charge >= 0.3 is 0 Å². The molecule has 2 N–H and O–H groups in total. The van der Waals surface area contributed by atoms with Gasteiger partial charge in [-0.15, -0.1) is 16.4 Å². The molecule has 0 saturated heterocycles. The third-order valence-corrected chi connectivity index (χ3v) is 3.49. The maximum Gasteiger partial charge on any atom is 0.208 e. The SMILES string of the molecule is NC(=S)c1ncn(Cc2ccc(Br)s2)n1. The summed E-state index contributed by atoms with van der Waals surface area (Å²) in [6.07, 6.45) is 1.63. The van der Waals surface area contributed by atoms with Crippen LogP contribution in [0.25, 0.3) is 0 Å². The van der Waals surface area contributed by atoms with Crippen LogP contribution in [0, 0.1) is 0 Å². The molecule has 7 heteroatoms. The standard InChI is InChI=1S/C8H7BrN4S2/c9-6-2-1-5(15-6)3-13-4-11-8(12-13)7(10)14/h1-2,4H,3H2,(H2,10,14). The molecule has 0 fully saturated rings. The van der Waals surface area contributed by atoms with E-state index in [1.165, 1.54) is 4.88 Å². The van der Waals surface area contributed by atoms with E-state index in [2.05, 4.69) is 26.0 Å². The van der Waals surface area contributed by atoms with Gasteiger partial charge in [0.1, 0.15) is 11.3 Å². The fourth-order valence-electron chi connectivity index (χ4n) is 1.08. The summed E-state index contributed by atoms with van der Waals surface area (Å²) in [5, 5.41) is 4.15. The van der Waals surface area contributed by atoms with E-state index >= 15 is 0 Å². The fraction of sp³-hybridized carbons (Fsp3) is 0.125. The monoisotopic (exact) mass is 302 g/mol. The Morgan fingerprint density at radius 1 is 1.60 bits per heavy atom. The number of halogens is 1. The molecule has 2 aromatic rings. The molecule has 4 nitrogen and oxygen atoms in total. The van der Waals surface area contributed by atoms with Gasteiger partial charge in [0.05, 0.1) is 10.3 Å². The van der Waals surface area contributed by atoms with Crippen LogP contribution in [0.4, 0.5) is 0 Å². The first-order chi connectivity index (χ1) is 7.15. The first kappa shape index (κ1) is 10.7. The van der Waals surface area contributed by atoms with Crippen LogP contribution >= 0.6 is 39.5 Å². The van der Waals surface area contributed by atoms with Crippen molar-refractivity contribution < 1.29 is 0 Å². The zero-order chi connectivity index (χ0) is 10.8. The Hall–Kier alpha value is -0.790. The number of nitrogens with two attached hydrogens (primary N) is 1. The summed E-state index contributed by atoms with van der Waals surface area (Å²) in [7, 11) is 0. The molecule has 2 aromatic heterocycles. The fourth-order valence-corrected chi connectivity index (χ4v) is 2.65. The van der Waals surface area contributed by atoms with E-state index in [1.807, 2.05) is 12.1 Å². The Kier molecular flexibility index (Phi) is 3.13. The Morgan fingerprint density at radius 3 is 2.93 bits per heavy atom. The first-order valence-corrected chi connectivity index (χ1v) is 6.10. The summed E-state index contributed by atoms with van der Waals surface area (Å²) in [5.74, 6) is 0.417. The summed E-state index contributed by atoms with van der Waals surface area (Å²) in [5.41, 5.74) is 5.41. The molecule has 0 aliphatic heterocycles. The molecule has 0 radical (unpaired) electrons. The van der Waals surface area contributed by atoms with Gasteiger partial charge in [0, 0.05) is 4.88 Å². The number of nitrogens with zero attached hydrogens (tertiary/aromatic N) is 3. The number of thiocarbonyl (C=S) groups is 1. The van der Waals surface area contributed by atoms with Crippen molar-refractivity contribution in [3.63, 3.8) is 0 Å². The van der Waals surface area contributed by atoms with Crippen LogP contribution in [0.5, 0.6) is 0 Å². The van der Waals surface area contributed by atoms with Crippen molar-refractivity contribution in [2.24, 2.45) is 5.73 Å². The van der Waals surface area contributed by atoms with Gasteiger partial charge in [-0.25, -0.2) is 9.67 Å². The van der Waals surface area contributed by atoms with Crippen LogP contribution in [0.2, 0.25) is 0 Å². The molecule has 0 amide bonds. The maximum absolute atomic E-state index is 5.41. The maximum atomic E-state index is 5.41. The Labute approximate surface area is 104 Å². The van der Waals surface area contributed by atoms with E-state index in [9.17, 15) is 0 Å². The van der Waals surface area contributed by atoms with Crippen molar-refractivity contribution >= 4 is 44.5 Å². The highest BCUT2D eigenvalue weighted by atomic mass is 79.9. The van der Waals surface area contributed by atoms with Crippen molar-refractivity contribution in [3.05, 3.63) is 32.9 Å². The van der Waals surface area contributed by atoms with Crippen molar-refractivity contribution in [1.82, 2.24) is 14.8 Å². The van der Waals surface area contributed by atoms with Gasteiger partial charge in [0.25, 0.3) is 0 Å². The number of thiophene rings is 1. The lowest BCUT2D eigenvalue weighted by atomic mass is 10.5. The topological polar surface area (TPSA) is 56.7 Å². The van der Waals surface area contributed by atoms with Crippen LogP contribution in [0.3, 0.4) is 0 Å². The number of aromatic nitrogens is 3. The highest BCUT2D eigenvalue weighted by molar-refractivity contribution is 9.11. The number of rotatable bonds is 3. The van der Waals surface area contributed by atoms with E-state index in [0.717, 1.165) is 3.79 Å².